The molecule has 1 fully saturated rings. The molecule has 7 nitrogen and oxygen atoms in total. The van der Waals surface area contributed by atoms with Gasteiger partial charge in [0.25, 0.3) is 0 Å². The van der Waals surface area contributed by atoms with Gasteiger partial charge in [-0.15, -0.1) is 0 Å². The Hall–Kier alpha value is -3.16. The summed E-state index contributed by atoms with van der Waals surface area (Å²) in [4.78, 5) is 6.81. The number of morpholine rings is 1. The van der Waals surface area contributed by atoms with Gasteiger partial charge in [0.2, 0.25) is 0 Å². The number of nitrogens with zero attached hydrogens (tertiary/aromatic N) is 4. The molecule has 0 radical (unpaired) electrons. The van der Waals surface area contributed by atoms with Crippen LogP contribution in [-0.4, -0.2) is 54.0 Å². The summed E-state index contributed by atoms with van der Waals surface area (Å²) < 4.78 is 7.37. The van der Waals surface area contributed by atoms with E-state index in [0.29, 0.717) is 6.54 Å². The van der Waals surface area contributed by atoms with Crippen LogP contribution in [0.25, 0.3) is 0 Å². The Morgan fingerprint density at radius 3 is 2.34 bits per heavy atom. The van der Waals surface area contributed by atoms with Crippen LogP contribution in [-0.2, 0) is 30.9 Å². The van der Waals surface area contributed by atoms with E-state index in [4.69, 9.17) is 4.74 Å². The first-order chi connectivity index (χ1) is 15.8. The second-order valence-electron chi connectivity index (χ2n) is 7.96. The van der Waals surface area contributed by atoms with E-state index >= 15 is 0 Å². The summed E-state index contributed by atoms with van der Waals surface area (Å²) >= 11 is 0. The molecule has 0 bridgehead atoms. The van der Waals surface area contributed by atoms with Crippen molar-refractivity contribution in [1.82, 2.24) is 25.3 Å². The van der Waals surface area contributed by atoms with Crippen molar-refractivity contribution < 1.29 is 4.74 Å². The second-order valence-corrected chi connectivity index (χ2v) is 7.96. The molecular weight excluding hydrogens is 400 g/mol. The molecule has 3 aromatic rings. The van der Waals surface area contributed by atoms with Crippen LogP contribution in [0.3, 0.4) is 0 Å². The van der Waals surface area contributed by atoms with Crippen LogP contribution in [0.4, 0.5) is 0 Å². The number of guanidine groups is 1. The van der Waals surface area contributed by atoms with Crippen molar-refractivity contribution in [3.8, 4) is 0 Å². The number of benzene rings is 2. The maximum Gasteiger partial charge on any atom is 0.191 e. The van der Waals surface area contributed by atoms with E-state index in [1.807, 2.05) is 23.1 Å². The molecule has 1 aliphatic heterocycles. The summed E-state index contributed by atoms with van der Waals surface area (Å²) in [6.45, 7) is 6.87. The van der Waals surface area contributed by atoms with Crippen LogP contribution in [0.2, 0.25) is 0 Å². The van der Waals surface area contributed by atoms with Gasteiger partial charge in [-0.1, -0.05) is 48.5 Å². The zero-order valence-corrected chi connectivity index (χ0v) is 18.7. The maximum atomic E-state index is 5.43. The first-order valence-electron chi connectivity index (χ1n) is 11.2. The largest absolute Gasteiger partial charge is 0.379 e. The van der Waals surface area contributed by atoms with Crippen LogP contribution < -0.4 is 10.6 Å². The number of aromatic nitrogens is 2. The predicted octanol–water partition coefficient (Wildman–Crippen LogP) is 2.63. The normalized spacial score (nSPS) is 15.0. The van der Waals surface area contributed by atoms with E-state index in [1.165, 1.54) is 22.3 Å². The summed E-state index contributed by atoms with van der Waals surface area (Å²) in [7, 11) is 1.80. The highest BCUT2D eigenvalue weighted by molar-refractivity contribution is 5.79. The van der Waals surface area contributed by atoms with Crippen LogP contribution in [0.1, 0.15) is 22.3 Å². The smallest absolute Gasteiger partial charge is 0.191 e. The second kappa shape index (κ2) is 11.5. The lowest BCUT2D eigenvalue weighted by molar-refractivity contribution is 0.0342. The fraction of sp³-hybridized carbons (Fsp3) is 0.360. The van der Waals surface area contributed by atoms with Crippen LogP contribution in [0.5, 0.6) is 0 Å². The average Bonchev–Trinajstić information content (AvgIpc) is 3.35. The van der Waals surface area contributed by atoms with Gasteiger partial charge in [0.05, 0.1) is 19.8 Å². The average molecular weight is 433 g/mol. The predicted molar refractivity (Wildman–Crippen MR) is 127 cm³/mol. The maximum absolute atomic E-state index is 5.43. The zero-order valence-electron chi connectivity index (χ0n) is 18.7. The number of hydrogen-bond acceptors (Lipinski definition) is 4. The van der Waals surface area contributed by atoms with Crippen molar-refractivity contribution in [2.24, 2.45) is 4.99 Å². The van der Waals surface area contributed by atoms with Gasteiger partial charge >= 0.3 is 0 Å². The van der Waals surface area contributed by atoms with Crippen molar-refractivity contribution in [2.45, 2.75) is 26.2 Å². The summed E-state index contributed by atoms with van der Waals surface area (Å²) in [6.07, 6.45) is 3.79. The molecule has 7 heteroatoms. The third-order valence-corrected chi connectivity index (χ3v) is 5.67. The molecule has 0 spiro atoms. The van der Waals surface area contributed by atoms with E-state index in [2.05, 4.69) is 74.2 Å². The van der Waals surface area contributed by atoms with E-state index in [1.54, 1.807) is 7.05 Å². The fourth-order valence-electron chi connectivity index (χ4n) is 3.82. The minimum Gasteiger partial charge on any atom is -0.379 e. The molecule has 0 amide bonds. The van der Waals surface area contributed by atoms with Crippen molar-refractivity contribution in [1.29, 1.82) is 0 Å². The Labute approximate surface area is 190 Å². The quantitative estimate of drug-likeness (QED) is 0.423. The molecular formula is C25H32N6O. The molecule has 2 aromatic carbocycles. The van der Waals surface area contributed by atoms with Crippen molar-refractivity contribution in [2.75, 3.05) is 33.4 Å². The highest BCUT2D eigenvalue weighted by Gasteiger charge is 2.10. The van der Waals surface area contributed by atoms with Gasteiger partial charge in [-0.25, -0.2) is 0 Å². The molecule has 2 N–H and O–H groups in total. The van der Waals surface area contributed by atoms with Crippen LogP contribution >= 0.6 is 0 Å². The minimum atomic E-state index is 0.704. The SMILES string of the molecule is CN=C(NCc1ccc(CN2CCOCC2)cc1)NCc1ccccc1Cn1cccn1. The first-order valence-corrected chi connectivity index (χ1v) is 11.2. The Morgan fingerprint density at radius 1 is 0.906 bits per heavy atom. The number of hydrogen-bond donors (Lipinski definition) is 2. The van der Waals surface area contributed by atoms with Gasteiger partial charge < -0.3 is 15.4 Å². The molecule has 1 aromatic heterocycles. The number of nitrogens with one attached hydrogen (secondary N) is 2. The van der Waals surface area contributed by atoms with Crippen LogP contribution in [0, 0.1) is 0 Å². The summed E-state index contributed by atoms with van der Waals surface area (Å²) in [5, 5.41) is 11.2. The van der Waals surface area contributed by atoms with Gasteiger partial charge in [-0.05, 0) is 28.3 Å². The molecule has 2 heterocycles. The molecule has 168 valence electrons. The highest BCUT2D eigenvalue weighted by Crippen LogP contribution is 2.11. The molecule has 0 saturated carbocycles. The van der Waals surface area contributed by atoms with Crippen molar-refractivity contribution in [3.63, 3.8) is 0 Å². The van der Waals surface area contributed by atoms with Gasteiger partial charge in [-0.2, -0.15) is 5.10 Å². The van der Waals surface area contributed by atoms with E-state index < -0.39 is 0 Å². The lowest BCUT2D eigenvalue weighted by Crippen LogP contribution is -2.36. The van der Waals surface area contributed by atoms with Gasteiger partial charge in [-0.3, -0.25) is 14.6 Å². The van der Waals surface area contributed by atoms with E-state index in [-0.39, 0.29) is 0 Å². The Bertz CT molecular complexity index is 978. The van der Waals surface area contributed by atoms with Gasteiger partial charge in [0.15, 0.2) is 5.96 Å². The number of rotatable bonds is 8. The standard InChI is InChI=1S/C25H32N6O/c1-26-25(28-18-23-5-2-3-6-24(23)20-31-12-4-11-29-31)27-17-21-7-9-22(10-8-21)19-30-13-15-32-16-14-30/h2-12H,13-20H2,1H3,(H2,26,27,28). The molecule has 4 rings (SSSR count). The van der Waals surface area contributed by atoms with E-state index in [0.717, 1.165) is 51.9 Å². The Kier molecular flexibility index (Phi) is 7.89. The zero-order chi connectivity index (χ0) is 22.0. The Balaban J connectivity index is 1.26. The summed E-state index contributed by atoms with van der Waals surface area (Å²) in [6, 6.07) is 19.2. The monoisotopic (exact) mass is 432 g/mol. The van der Waals surface area contributed by atoms with Gasteiger partial charge in [0, 0.05) is 52.2 Å². The highest BCUT2D eigenvalue weighted by atomic mass is 16.5. The molecule has 1 saturated heterocycles. The molecule has 1 aliphatic rings. The number of ether oxygens (including phenoxy) is 1. The third kappa shape index (κ3) is 6.42. The first kappa shape index (κ1) is 22.0. The third-order valence-electron chi connectivity index (χ3n) is 5.67. The topological polar surface area (TPSA) is 66.7 Å². The molecule has 32 heavy (non-hydrogen) atoms. The summed E-state index contributed by atoms with van der Waals surface area (Å²) in [5.74, 6) is 0.788. The molecule has 0 atom stereocenters. The lowest BCUT2D eigenvalue weighted by atomic mass is 10.1. The lowest BCUT2D eigenvalue weighted by Gasteiger charge is -2.26. The van der Waals surface area contributed by atoms with Gasteiger partial charge in [0.1, 0.15) is 0 Å². The Morgan fingerprint density at radius 2 is 1.62 bits per heavy atom. The molecule has 0 unspecified atom stereocenters. The van der Waals surface area contributed by atoms with Crippen LogP contribution in [0.15, 0.2) is 72.0 Å². The fourth-order valence-corrected chi connectivity index (χ4v) is 3.82. The summed E-state index contributed by atoms with van der Waals surface area (Å²) in [5.41, 5.74) is 5.05. The number of aliphatic imine (C=N–C) groups is 1. The molecule has 0 aliphatic carbocycles. The van der Waals surface area contributed by atoms with E-state index in [9.17, 15) is 0 Å². The van der Waals surface area contributed by atoms with Crippen molar-refractivity contribution >= 4 is 5.96 Å². The van der Waals surface area contributed by atoms with Crippen molar-refractivity contribution in [3.05, 3.63) is 89.2 Å². The minimum absolute atomic E-state index is 0.704.